The second-order valence-corrected chi connectivity index (χ2v) is 1.85. The third-order valence-electron chi connectivity index (χ3n) is 0. The van der Waals surface area contributed by atoms with Gasteiger partial charge in [0.05, 0.1) is 0 Å². The predicted octanol–water partition coefficient (Wildman–Crippen LogP) is -2.83. The third kappa shape index (κ3) is 172. The van der Waals surface area contributed by atoms with Gasteiger partial charge in [-0.2, -0.15) is 0 Å². The molecule has 0 spiro atoms. The van der Waals surface area contributed by atoms with Crippen molar-refractivity contribution < 1.29 is 35.0 Å². The first-order valence-corrected chi connectivity index (χ1v) is 2.88. The van der Waals surface area contributed by atoms with Gasteiger partial charge in [0.25, 0.3) is 0 Å². The van der Waals surface area contributed by atoms with E-state index < -0.39 is 13.6 Å². The minimum atomic E-state index is -5.25. The van der Waals surface area contributed by atoms with Crippen LogP contribution in [-0.2, 0) is 21.2 Å². The zero-order valence-corrected chi connectivity index (χ0v) is 3.89. The molecule has 0 saturated heterocycles. The summed E-state index contributed by atoms with van der Waals surface area (Å²) in [6.45, 7) is 0. The summed E-state index contributed by atoms with van der Waals surface area (Å²) in [5.74, 6) is 0. The van der Waals surface area contributed by atoms with Crippen LogP contribution in [0.4, 0.5) is 0 Å². The molecule has 0 aromatic carbocycles. The van der Waals surface area contributed by atoms with Crippen LogP contribution < -0.4 is 0 Å². The normalized spacial score (nSPS) is 8.29. The predicted molar refractivity (Wildman–Crippen MR) is 16.6 cm³/mol. The van der Waals surface area contributed by atoms with E-state index in [2.05, 4.69) is 0 Å². The second kappa shape index (κ2) is 5.16. The molecule has 0 atom stereocenters. The van der Waals surface area contributed by atoms with Crippen LogP contribution >= 0.6 is 0 Å². The van der Waals surface area contributed by atoms with Crippen molar-refractivity contribution in [3.8, 4) is 0 Å². The molecule has 0 aromatic heterocycles. The van der Waals surface area contributed by atoms with Crippen molar-refractivity contribution in [2.45, 2.75) is 0 Å². The van der Waals surface area contributed by atoms with Crippen LogP contribution in [0.5, 0.6) is 0 Å². The molecule has 0 aliphatic heterocycles. The number of rotatable bonds is 0. The van der Waals surface area contributed by atoms with Crippen LogP contribution in [0.2, 0.25) is 0 Å². The molecule has 0 saturated carbocycles. The van der Waals surface area contributed by atoms with Crippen molar-refractivity contribution in [3.05, 3.63) is 0 Å². The van der Waals surface area contributed by atoms with Gasteiger partial charge < -0.3 is 5.48 Å². The molecule has 7 heteroatoms. The van der Waals surface area contributed by atoms with Gasteiger partial charge >= 0.3 is 59.1 Å². The first-order valence-electron chi connectivity index (χ1n) is 0.698. The molecular formula is H5CrNaO5. The molecule has 0 aliphatic rings. The second-order valence-electron chi connectivity index (χ2n) is 0.448. The fourth-order valence-corrected chi connectivity index (χ4v) is 0. The Morgan fingerprint density at radius 2 is 1.14 bits per heavy atom. The monoisotopic (exact) mass is 160 g/mol. The maximum atomic E-state index is 8.82. The Morgan fingerprint density at radius 1 is 1.14 bits per heavy atom. The summed E-state index contributed by atoms with van der Waals surface area (Å²) in [6.07, 6.45) is 0. The van der Waals surface area contributed by atoms with Gasteiger partial charge in [0.15, 0.2) is 0 Å². The molecule has 0 unspecified atom stereocenters. The summed E-state index contributed by atoms with van der Waals surface area (Å²) in [5.41, 5.74) is 0. The molecule has 0 heterocycles. The van der Waals surface area contributed by atoms with Crippen LogP contribution in [0.1, 0.15) is 0 Å². The Bertz CT molecular complexity index is 91.2. The van der Waals surface area contributed by atoms with Crippen molar-refractivity contribution in [2.75, 3.05) is 0 Å². The van der Waals surface area contributed by atoms with Crippen molar-refractivity contribution in [3.63, 3.8) is 0 Å². The van der Waals surface area contributed by atoms with Gasteiger partial charge in [0, 0.05) is 0 Å². The quantitative estimate of drug-likeness (QED) is 0.372. The molecule has 5 nitrogen and oxygen atoms in total. The Morgan fingerprint density at radius 3 is 1.14 bits per heavy atom. The first kappa shape index (κ1) is 15.7. The molecule has 7 heavy (non-hydrogen) atoms. The number of hydrogen-bond donors (Lipinski definition) is 2. The molecule has 0 aromatic rings. The maximum absolute atomic E-state index is 8.82. The van der Waals surface area contributed by atoms with E-state index in [4.69, 9.17) is 15.9 Å². The Kier molecular flexibility index (Phi) is 11.5. The third-order valence-corrected chi connectivity index (χ3v) is 0. The fourth-order valence-electron chi connectivity index (χ4n) is 0. The van der Waals surface area contributed by atoms with Crippen molar-refractivity contribution in [1.29, 1.82) is 0 Å². The molecule has 0 aliphatic carbocycles. The van der Waals surface area contributed by atoms with E-state index in [1.807, 2.05) is 0 Å². The SMILES string of the molecule is O.[NaH].[O]=[Cr](=[O])([OH])[OH]. The van der Waals surface area contributed by atoms with Crippen LogP contribution in [0.25, 0.3) is 0 Å². The van der Waals surface area contributed by atoms with Crippen LogP contribution in [0.15, 0.2) is 0 Å². The van der Waals surface area contributed by atoms with E-state index in [9.17, 15) is 0 Å². The van der Waals surface area contributed by atoms with Crippen LogP contribution in [0, 0.1) is 0 Å². The van der Waals surface area contributed by atoms with Crippen molar-refractivity contribution >= 4 is 29.6 Å². The van der Waals surface area contributed by atoms with Crippen LogP contribution in [-0.4, -0.2) is 43.3 Å². The van der Waals surface area contributed by atoms with Crippen molar-refractivity contribution in [1.82, 2.24) is 0 Å². The van der Waals surface area contributed by atoms with Gasteiger partial charge in [-0.15, -0.1) is 0 Å². The van der Waals surface area contributed by atoms with E-state index in [0.29, 0.717) is 0 Å². The van der Waals surface area contributed by atoms with Gasteiger partial charge in [-0.25, -0.2) is 0 Å². The standard InChI is InChI=1S/Cr.Na.3H2O.2O.H/h;;3*1H2;;;/q+2;;;;;;;/p-2. The Labute approximate surface area is 64.3 Å². The average molecular weight is 160 g/mol. The van der Waals surface area contributed by atoms with Crippen LogP contribution in [0.3, 0.4) is 0 Å². The molecule has 0 fully saturated rings. The Balaban J connectivity index is -0.0000000800. The fraction of sp³-hybridized carbons (Fsp3) is 0. The van der Waals surface area contributed by atoms with Crippen molar-refractivity contribution in [2.24, 2.45) is 0 Å². The first-order chi connectivity index (χ1) is 2.00. The topological polar surface area (TPSA) is 106 Å². The molecule has 0 amide bonds. The average Bonchev–Trinajstić information content (AvgIpc) is 0.722. The zero-order valence-electron chi connectivity index (χ0n) is 2.62. The molecular weight excluding hydrogens is 155 g/mol. The summed E-state index contributed by atoms with van der Waals surface area (Å²) < 4.78 is 31.9. The van der Waals surface area contributed by atoms with E-state index in [-0.39, 0.29) is 35.0 Å². The number of hydrogen-bond acceptors (Lipinski definition) is 2. The summed E-state index contributed by atoms with van der Waals surface area (Å²) in [7, 11) is 0. The van der Waals surface area contributed by atoms with Gasteiger partial charge in [-0.05, 0) is 0 Å². The van der Waals surface area contributed by atoms with E-state index in [1.165, 1.54) is 0 Å². The summed E-state index contributed by atoms with van der Waals surface area (Å²) >= 11 is -5.25. The summed E-state index contributed by atoms with van der Waals surface area (Å²) in [5, 5.41) is 0. The summed E-state index contributed by atoms with van der Waals surface area (Å²) in [6, 6.07) is 0. The van der Waals surface area contributed by atoms with E-state index in [0.717, 1.165) is 0 Å². The molecule has 0 bridgehead atoms. The summed E-state index contributed by atoms with van der Waals surface area (Å²) in [4.78, 5) is 0. The van der Waals surface area contributed by atoms with E-state index >= 15 is 0 Å². The molecule has 0 radical (unpaired) electrons. The van der Waals surface area contributed by atoms with Gasteiger partial charge in [-0.3, -0.25) is 0 Å². The van der Waals surface area contributed by atoms with E-state index in [1.54, 1.807) is 0 Å². The minimum absolute atomic E-state index is 0. The van der Waals surface area contributed by atoms with Gasteiger partial charge in [-0.1, -0.05) is 0 Å². The van der Waals surface area contributed by atoms with Gasteiger partial charge in [0.2, 0.25) is 0 Å². The molecule has 42 valence electrons. The Hall–Kier alpha value is 1.01. The zero-order chi connectivity index (χ0) is 4.50. The molecule has 0 rings (SSSR count). The molecule has 4 N–H and O–H groups in total. The van der Waals surface area contributed by atoms with Gasteiger partial charge in [0.1, 0.15) is 0 Å².